The Labute approximate surface area is 163 Å². The van der Waals surface area contributed by atoms with Gasteiger partial charge in [0.25, 0.3) is 0 Å². The Morgan fingerprint density at radius 1 is 1.07 bits per heavy atom. The third kappa shape index (κ3) is 4.04. The Kier molecular flexibility index (Phi) is 5.90. The van der Waals surface area contributed by atoms with E-state index in [9.17, 15) is 0 Å². The van der Waals surface area contributed by atoms with Crippen LogP contribution in [0.1, 0.15) is 24.3 Å². The molecule has 3 unspecified atom stereocenters. The second kappa shape index (κ2) is 8.73. The van der Waals surface area contributed by atoms with Crippen molar-refractivity contribution in [3.8, 4) is 0 Å². The van der Waals surface area contributed by atoms with Crippen LogP contribution in [0, 0.1) is 0 Å². The average molecular weight is 381 g/mol. The molecule has 2 aliphatic rings. The fourth-order valence-corrected chi connectivity index (χ4v) is 3.73. The zero-order valence-corrected chi connectivity index (χ0v) is 15.6. The maximum atomic E-state index is 9.05. The van der Waals surface area contributed by atoms with Gasteiger partial charge in [0.2, 0.25) is 0 Å². The molecule has 2 aromatic carbocycles. The Balaban J connectivity index is 1.56. The number of nitrogens with zero attached hydrogens (tertiary/aromatic N) is 3. The predicted octanol–water partition coefficient (Wildman–Crippen LogP) is 4.15. The van der Waals surface area contributed by atoms with Crippen LogP contribution in [0.2, 0.25) is 0 Å². The van der Waals surface area contributed by atoms with Crippen LogP contribution < -0.4 is 0 Å². The SMILES string of the molecule is C[C@@H]1OC2COC(c3ccccc3)O[C@@H]2[C@@H](OCc2ccccc2)C1N=[N+]=[N-]. The molecule has 6 atom stereocenters. The number of ether oxygens (including phenoxy) is 4. The molecule has 0 spiro atoms. The van der Waals surface area contributed by atoms with E-state index >= 15 is 0 Å². The van der Waals surface area contributed by atoms with E-state index in [-0.39, 0.29) is 12.2 Å². The van der Waals surface area contributed by atoms with Crippen LogP contribution in [-0.4, -0.2) is 37.1 Å². The fraction of sp³-hybridized carbons (Fsp3) is 0.429. The van der Waals surface area contributed by atoms with Gasteiger partial charge in [0, 0.05) is 10.5 Å². The summed E-state index contributed by atoms with van der Waals surface area (Å²) in [5.74, 6) is 0. The molecule has 0 aliphatic carbocycles. The van der Waals surface area contributed by atoms with Crippen LogP contribution in [0.5, 0.6) is 0 Å². The van der Waals surface area contributed by atoms with E-state index in [0.29, 0.717) is 13.2 Å². The van der Waals surface area contributed by atoms with Crippen LogP contribution in [-0.2, 0) is 25.6 Å². The molecule has 0 bridgehead atoms. The number of benzene rings is 2. The molecule has 146 valence electrons. The number of rotatable bonds is 5. The zero-order chi connectivity index (χ0) is 19.3. The summed E-state index contributed by atoms with van der Waals surface area (Å²) < 4.78 is 24.4. The van der Waals surface area contributed by atoms with Crippen molar-refractivity contribution in [2.24, 2.45) is 5.11 Å². The molecule has 7 nitrogen and oxygen atoms in total. The minimum absolute atomic E-state index is 0.277. The molecule has 2 fully saturated rings. The highest BCUT2D eigenvalue weighted by Gasteiger charge is 2.49. The summed E-state index contributed by atoms with van der Waals surface area (Å²) >= 11 is 0. The van der Waals surface area contributed by atoms with E-state index in [1.54, 1.807) is 0 Å². The number of azide groups is 1. The van der Waals surface area contributed by atoms with E-state index in [4.69, 9.17) is 24.5 Å². The lowest BCUT2D eigenvalue weighted by molar-refractivity contribution is -0.317. The molecule has 28 heavy (non-hydrogen) atoms. The van der Waals surface area contributed by atoms with Gasteiger partial charge >= 0.3 is 0 Å². The molecule has 4 rings (SSSR count). The van der Waals surface area contributed by atoms with Crippen LogP contribution in [0.3, 0.4) is 0 Å². The molecule has 2 saturated heterocycles. The van der Waals surface area contributed by atoms with Gasteiger partial charge in [-0.3, -0.25) is 0 Å². The van der Waals surface area contributed by atoms with Gasteiger partial charge in [0.15, 0.2) is 6.29 Å². The zero-order valence-electron chi connectivity index (χ0n) is 15.6. The first-order valence-electron chi connectivity index (χ1n) is 9.43. The van der Waals surface area contributed by atoms with Crippen LogP contribution in [0.25, 0.3) is 10.4 Å². The second-order valence-corrected chi connectivity index (χ2v) is 7.01. The molecular formula is C21H23N3O4. The Morgan fingerprint density at radius 2 is 1.79 bits per heavy atom. The maximum Gasteiger partial charge on any atom is 0.184 e. The van der Waals surface area contributed by atoms with Gasteiger partial charge in [-0.15, -0.1) is 0 Å². The van der Waals surface area contributed by atoms with Crippen molar-refractivity contribution in [1.82, 2.24) is 0 Å². The number of hydrogen-bond acceptors (Lipinski definition) is 5. The largest absolute Gasteiger partial charge is 0.370 e. The van der Waals surface area contributed by atoms with Gasteiger partial charge in [-0.05, 0) is 18.0 Å². The molecule has 0 aromatic heterocycles. The Morgan fingerprint density at radius 3 is 2.50 bits per heavy atom. The summed E-state index contributed by atoms with van der Waals surface area (Å²) in [6, 6.07) is 19.2. The predicted molar refractivity (Wildman–Crippen MR) is 102 cm³/mol. The topological polar surface area (TPSA) is 85.7 Å². The normalized spacial score (nSPS) is 32.2. The van der Waals surface area contributed by atoms with Crippen molar-refractivity contribution in [2.75, 3.05) is 6.61 Å². The lowest BCUT2D eigenvalue weighted by atomic mass is 9.93. The molecule has 0 saturated carbocycles. The van der Waals surface area contributed by atoms with Crippen molar-refractivity contribution < 1.29 is 18.9 Å². The van der Waals surface area contributed by atoms with Gasteiger partial charge in [-0.1, -0.05) is 65.8 Å². The summed E-state index contributed by atoms with van der Waals surface area (Å²) in [5, 5.41) is 3.96. The van der Waals surface area contributed by atoms with Gasteiger partial charge in [-0.25, -0.2) is 0 Å². The van der Waals surface area contributed by atoms with E-state index in [1.165, 1.54) is 0 Å². The Bertz CT molecular complexity index is 813. The first-order chi connectivity index (χ1) is 13.8. The van der Waals surface area contributed by atoms with E-state index < -0.39 is 24.5 Å². The lowest BCUT2D eigenvalue weighted by Gasteiger charge is -2.47. The number of fused-ring (bicyclic) bond motifs is 1. The summed E-state index contributed by atoms with van der Waals surface area (Å²) in [7, 11) is 0. The molecule has 2 aliphatic heterocycles. The minimum atomic E-state index is -0.506. The van der Waals surface area contributed by atoms with Crippen molar-refractivity contribution in [1.29, 1.82) is 0 Å². The van der Waals surface area contributed by atoms with E-state index in [1.807, 2.05) is 67.6 Å². The standard InChI is InChI=1S/C21H23N3O4/c1-14-18(23-24-22)20(25-12-15-8-4-2-5-9-15)19-17(27-14)13-26-21(28-19)16-10-6-3-7-11-16/h2-11,14,17-21H,12-13H2,1H3/t14-,17?,18?,19-,20-,21?/m0/s1. The third-order valence-electron chi connectivity index (χ3n) is 5.13. The molecule has 7 heteroatoms. The highest BCUT2D eigenvalue weighted by molar-refractivity contribution is 5.17. The molecule has 0 amide bonds. The van der Waals surface area contributed by atoms with Gasteiger partial charge < -0.3 is 18.9 Å². The molecule has 2 aromatic rings. The molecular weight excluding hydrogens is 358 g/mol. The highest BCUT2D eigenvalue weighted by atomic mass is 16.7. The summed E-state index contributed by atoms with van der Waals surface area (Å²) in [4.78, 5) is 3.01. The van der Waals surface area contributed by atoms with E-state index in [2.05, 4.69) is 10.0 Å². The van der Waals surface area contributed by atoms with Crippen molar-refractivity contribution in [3.05, 3.63) is 82.2 Å². The summed E-state index contributed by atoms with van der Waals surface area (Å²) in [6.07, 6.45) is -1.90. The summed E-state index contributed by atoms with van der Waals surface area (Å²) in [5.41, 5.74) is 11.0. The Hall–Kier alpha value is -2.41. The second-order valence-electron chi connectivity index (χ2n) is 7.01. The first-order valence-corrected chi connectivity index (χ1v) is 9.43. The number of hydrogen-bond donors (Lipinski definition) is 0. The monoisotopic (exact) mass is 381 g/mol. The minimum Gasteiger partial charge on any atom is -0.370 e. The van der Waals surface area contributed by atoms with Gasteiger partial charge in [0.1, 0.15) is 12.2 Å². The van der Waals surface area contributed by atoms with Crippen LogP contribution >= 0.6 is 0 Å². The maximum absolute atomic E-state index is 9.05. The van der Waals surface area contributed by atoms with Crippen molar-refractivity contribution >= 4 is 0 Å². The van der Waals surface area contributed by atoms with Gasteiger partial charge in [-0.2, -0.15) is 0 Å². The molecule has 0 N–H and O–H groups in total. The van der Waals surface area contributed by atoms with Crippen molar-refractivity contribution in [2.45, 2.75) is 50.3 Å². The molecule has 0 radical (unpaired) electrons. The quantitative estimate of drug-likeness (QED) is 0.442. The smallest absolute Gasteiger partial charge is 0.184 e. The lowest BCUT2D eigenvalue weighted by Crippen LogP contribution is -2.61. The van der Waals surface area contributed by atoms with Crippen LogP contribution in [0.4, 0.5) is 0 Å². The average Bonchev–Trinajstić information content (AvgIpc) is 2.75. The van der Waals surface area contributed by atoms with Crippen LogP contribution in [0.15, 0.2) is 65.8 Å². The third-order valence-corrected chi connectivity index (χ3v) is 5.13. The highest BCUT2D eigenvalue weighted by Crippen LogP contribution is 2.36. The van der Waals surface area contributed by atoms with Crippen molar-refractivity contribution in [3.63, 3.8) is 0 Å². The van der Waals surface area contributed by atoms with E-state index in [0.717, 1.165) is 11.1 Å². The van der Waals surface area contributed by atoms with Gasteiger partial charge in [0.05, 0.1) is 31.5 Å². The summed E-state index contributed by atoms with van der Waals surface area (Å²) in [6.45, 7) is 2.68. The first kappa shape index (κ1) is 18.9. The fourth-order valence-electron chi connectivity index (χ4n) is 3.73. The molecule has 2 heterocycles.